The Morgan fingerprint density at radius 2 is 1.76 bits per heavy atom. The molecule has 0 saturated carbocycles. The molecule has 152 valence electrons. The molecule has 0 aliphatic rings. The zero-order valence-corrected chi connectivity index (χ0v) is 15.8. The number of hydrogen-bond donors (Lipinski definition) is 1. The molecule has 1 atom stereocenters. The van der Waals surface area contributed by atoms with Crippen LogP contribution in [0.4, 0.5) is 18.9 Å². The number of carbonyl (C=O) groups excluding carboxylic acids is 2. The molecule has 3 rings (SSSR count). The molecular formula is C21H19F3N2O3. The van der Waals surface area contributed by atoms with Gasteiger partial charge in [0.25, 0.3) is 5.91 Å². The number of hydrogen-bond acceptors (Lipinski definition) is 3. The monoisotopic (exact) mass is 404 g/mol. The molecule has 1 N–H and O–H groups in total. The molecule has 1 amide bonds. The first-order chi connectivity index (χ1) is 13.7. The van der Waals surface area contributed by atoms with Crippen molar-refractivity contribution >= 4 is 28.5 Å². The highest BCUT2D eigenvalue weighted by Gasteiger charge is 2.34. The average Bonchev–Trinajstić information content (AvgIpc) is 2.96. The van der Waals surface area contributed by atoms with Gasteiger partial charge in [0, 0.05) is 11.2 Å². The smallest absolute Gasteiger partial charge is 0.418 e. The van der Waals surface area contributed by atoms with Gasteiger partial charge in [0.2, 0.25) is 0 Å². The molecule has 3 aromatic rings. The normalized spacial score (nSPS) is 12.6. The van der Waals surface area contributed by atoms with Gasteiger partial charge in [-0.05, 0) is 43.5 Å². The molecular weight excluding hydrogens is 385 g/mol. The minimum absolute atomic E-state index is 0.115. The Hall–Kier alpha value is -3.29. The topological polar surface area (TPSA) is 60.3 Å². The van der Waals surface area contributed by atoms with Crippen molar-refractivity contribution in [1.82, 2.24) is 4.57 Å². The molecule has 1 unspecified atom stereocenters. The highest BCUT2D eigenvalue weighted by Crippen LogP contribution is 2.34. The average molecular weight is 404 g/mol. The highest BCUT2D eigenvalue weighted by atomic mass is 19.4. The number of amides is 1. The number of esters is 1. The predicted molar refractivity (Wildman–Crippen MR) is 102 cm³/mol. The number of ether oxygens (including phenoxy) is 1. The third kappa shape index (κ3) is 4.59. The Labute approximate surface area is 165 Å². The number of halogens is 3. The molecule has 0 aliphatic carbocycles. The lowest BCUT2D eigenvalue weighted by molar-refractivity contribution is -0.153. The standard InChI is InChI=1S/C21H19F3N2O3/c1-13-11-15-7-3-6-10-18(15)26(13)12-19(27)29-14(2)20(28)25-17-9-5-4-8-16(17)21(22,23)24/h3-11,14H,12H2,1-2H3,(H,25,28). The van der Waals surface area contributed by atoms with Crippen LogP contribution in [0.15, 0.2) is 54.6 Å². The van der Waals surface area contributed by atoms with E-state index in [2.05, 4.69) is 5.32 Å². The molecule has 0 aliphatic heterocycles. The van der Waals surface area contributed by atoms with E-state index in [4.69, 9.17) is 4.74 Å². The van der Waals surface area contributed by atoms with Crippen molar-refractivity contribution in [3.8, 4) is 0 Å². The van der Waals surface area contributed by atoms with E-state index in [1.165, 1.54) is 19.1 Å². The summed E-state index contributed by atoms with van der Waals surface area (Å²) in [4.78, 5) is 24.5. The Balaban J connectivity index is 1.67. The first-order valence-electron chi connectivity index (χ1n) is 8.88. The molecule has 1 aromatic heterocycles. The van der Waals surface area contributed by atoms with Crippen molar-refractivity contribution < 1.29 is 27.5 Å². The summed E-state index contributed by atoms with van der Waals surface area (Å²) in [6.45, 7) is 3.04. The maximum atomic E-state index is 13.0. The van der Waals surface area contributed by atoms with Crippen LogP contribution in [-0.2, 0) is 27.0 Å². The molecule has 1 heterocycles. The molecule has 0 bridgehead atoms. The lowest BCUT2D eigenvalue weighted by Crippen LogP contribution is -2.32. The highest BCUT2D eigenvalue weighted by molar-refractivity contribution is 5.95. The lowest BCUT2D eigenvalue weighted by Gasteiger charge is -2.17. The van der Waals surface area contributed by atoms with Gasteiger partial charge in [-0.2, -0.15) is 13.2 Å². The number of carbonyl (C=O) groups is 2. The van der Waals surface area contributed by atoms with Crippen LogP contribution in [0.25, 0.3) is 10.9 Å². The molecule has 5 nitrogen and oxygen atoms in total. The van der Waals surface area contributed by atoms with E-state index < -0.39 is 29.7 Å². The predicted octanol–water partition coefficient (Wildman–Crippen LogP) is 4.54. The summed E-state index contributed by atoms with van der Waals surface area (Å²) in [6.07, 6.45) is -5.87. The summed E-state index contributed by atoms with van der Waals surface area (Å²) in [6, 6.07) is 14.0. The molecule has 0 fully saturated rings. The van der Waals surface area contributed by atoms with Crippen LogP contribution in [0.2, 0.25) is 0 Å². The number of aromatic nitrogens is 1. The summed E-state index contributed by atoms with van der Waals surface area (Å²) in [7, 11) is 0. The molecule has 8 heteroatoms. The van der Waals surface area contributed by atoms with Crippen LogP contribution in [0.1, 0.15) is 18.2 Å². The van der Waals surface area contributed by atoms with Crippen molar-refractivity contribution in [2.75, 3.05) is 5.32 Å². The van der Waals surface area contributed by atoms with Crippen molar-refractivity contribution in [2.45, 2.75) is 32.7 Å². The minimum Gasteiger partial charge on any atom is -0.451 e. The van der Waals surface area contributed by atoms with E-state index in [0.717, 1.165) is 28.7 Å². The van der Waals surface area contributed by atoms with E-state index in [1.54, 1.807) is 4.57 Å². The van der Waals surface area contributed by atoms with E-state index in [9.17, 15) is 22.8 Å². The first-order valence-corrected chi connectivity index (χ1v) is 8.88. The third-order valence-corrected chi connectivity index (χ3v) is 4.47. The van der Waals surface area contributed by atoms with Gasteiger partial charge in [0.1, 0.15) is 6.54 Å². The molecule has 29 heavy (non-hydrogen) atoms. The second-order valence-corrected chi connectivity index (χ2v) is 6.60. The number of rotatable bonds is 5. The zero-order chi connectivity index (χ0) is 21.2. The van der Waals surface area contributed by atoms with Crippen LogP contribution in [0.3, 0.4) is 0 Å². The summed E-state index contributed by atoms with van der Waals surface area (Å²) < 4.78 is 46.0. The van der Waals surface area contributed by atoms with Crippen LogP contribution < -0.4 is 5.32 Å². The van der Waals surface area contributed by atoms with Crippen molar-refractivity contribution in [2.24, 2.45) is 0 Å². The first kappa shape index (κ1) is 20.4. The summed E-state index contributed by atoms with van der Waals surface area (Å²) in [5.74, 6) is -1.51. The second-order valence-electron chi connectivity index (χ2n) is 6.60. The third-order valence-electron chi connectivity index (χ3n) is 4.47. The van der Waals surface area contributed by atoms with Gasteiger partial charge in [-0.15, -0.1) is 0 Å². The summed E-state index contributed by atoms with van der Waals surface area (Å²) in [5, 5.41) is 3.14. The Kier molecular flexibility index (Phi) is 5.63. The second kappa shape index (κ2) is 7.98. The van der Waals surface area contributed by atoms with Gasteiger partial charge in [0.05, 0.1) is 11.3 Å². The van der Waals surface area contributed by atoms with Crippen molar-refractivity contribution in [3.05, 3.63) is 65.9 Å². The zero-order valence-electron chi connectivity index (χ0n) is 15.8. The number of benzene rings is 2. The lowest BCUT2D eigenvalue weighted by atomic mass is 10.1. The SMILES string of the molecule is Cc1cc2ccccc2n1CC(=O)OC(C)C(=O)Nc1ccccc1C(F)(F)F. The number of nitrogens with one attached hydrogen (secondary N) is 1. The molecule has 2 aromatic carbocycles. The van der Waals surface area contributed by atoms with E-state index in [0.29, 0.717) is 0 Å². The Morgan fingerprint density at radius 1 is 1.10 bits per heavy atom. The van der Waals surface area contributed by atoms with Gasteiger partial charge < -0.3 is 14.6 Å². The van der Waals surface area contributed by atoms with E-state index in [-0.39, 0.29) is 12.2 Å². The number of para-hydroxylation sites is 2. The van der Waals surface area contributed by atoms with Crippen LogP contribution in [-0.4, -0.2) is 22.5 Å². The van der Waals surface area contributed by atoms with Gasteiger partial charge in [-0.1, -0.05) is 30.3 Å². The quantitative estimate of drug-likeness (QED) is 0.635. The van der Waals surface area contributed by atoms with Crippen LogP contribution in [0, 0.1) is 6.92 Å². The number of anilines is 1. The van der Waals surface area contributed by atoms with Gasteiger partial charge in [0.15, 0.2) is 6.10 Å². The number of fused-ring (bicyclic) bond motifs is 1. The molecule has 0 saturated heterocycles. The fourth-order valence-electron chi connectivity index (χ4n) is 3.05. The summed E-state index contributed by atoms with van der Waals surface area (Å²) >= 11 is 0. The summed E-state index contributed by atoms with van der Waals surface area (Å²) in [5.41, 5.74) is 0.332. The van der Waals surface area contributed by atoms with Gasteiger partial charge >= 0.3 is 12.1 Å². The minimum atomic E-state index is -4.61. The van der Waals surface area contributed by atoms with Crippen molar-refractivity contribution in [3.63, 3.8) is 0 Å². The number of alkyl halides is 3. The molecule has 0 spiro atoms. The maximum absolute atomic E-state index is 13.0. The molecule has 0 radical (unpaired) electrons. The fraction of sp³-hybridized carbons (Fsp3) is 0.238. The van der Waals surface area contributed by atoms with Crippen molar-refractivity contribution in [1.29, 1.82) is 0 Å². The Morgan fingerprint density at radius 3 is 2.48 bits per heavy atom. The Bertz CT molecular complexity index is 1060. The number of nitrogens with zero attached hydrogens (tertiary/aromatic N) is 1. The van der Waals surface area contributed by atoms with Gasteiger partial charge in [-0.25, -0.2) is 0 Å². The van der Waals surface area contributed by atoms with Gasteiger partial charge in [-0.3, -0.25) is 9.59 Å². The van der Waals surface area contributed by atoms with E-state index >= 15 is 0 Å². The fourth-order valence-corrected chi connectivity index (χ4v) is 3.05. The number of aryl methyl sites for hydroxylation is 1. The van der Waals surface area contributed by atoms with E-state index in [1.807, 2.05) is 37.3 Å². The van der Waals surface area contributed by atoms with Crippen LogP contribution >= 0.6 is 0 Å². The maximum Gasteiger partial charge on any atom is 0.418 e. The largest absolute Gasteiger partial charge is 0.451 e. The van der Waals surface area contributed by atoms with Crippen LogP contribution in [0.5, 0.6) is 0 Å².